The molecule has 1 unspecified atom stereocenters. The van der Waals surface area contributed by atoms with Crippen molar-refractivity contribution in [3.05, 3.63) is 71.9 Å². The Morgan fingerprint density at radius 2 is 1.71 bits per heavy atom. The number of amides is 1. The van der Waals surface area contributed by atoms with Crippen molar-refractivity contribution in [2.45, 2.75) is 16.0 Å². The van der Waals surface area contributed by atoms with E-state index in [1.165, 1.54) is 33.1 Å². The van der Waals surface area contributed by atoms with Crippen molar-refractivity contribution in [2.75, 3.05) is 21.3 Å². The molecule has 3 rings (SSSR count). The fraction of sp³-hybridized carbons (Fsp3) is 0.174. The van der Waals surface area contributed by atoms with E-state index in [1.807, 2.05) is 30.3 Å². The van der Waals surface area contributed by atoms with Gasteiger partial charge in [0.25, 0.3) is 5.91 Å². The number of rotatable bonds is 8. The van der Waals surface area contributed by atoms with Gasteiger partial charge in [-0.15, -0.1) is 0 Å². The lowest BCUT2D eigenvalue weighted by molar-refractivity contribution is 0.0945. The molecule has 0 aliphatic heterocycles. The van der Waals surface area contributed by atoms with Crippen LogP contribution in [0.15, 0.2) is 70.7 Å². The van der Waals surface area contributed by atoms with Crippen molar-refractivity contribution in [3.63, 3.8) is 0 Å². The van der Waals surface area contributed by atoms with E-state index in [9.17, 15) is 10.1 Å². The summed E-state index contributed by atoms with van der Waals surface area (Å²) in [4.78, 5) is 18.0. The maximum atomic E-state index is 12.7. The topological polar surface area (TPSA) is 93.5 Å². The number of nitrogens with zero attached hydrogens (tertiary/aromatic N) is 2. The first-order chi connectivity index (χ1) is 15.1. The number of nitriles is 1. The minimum atomic E-state index is -0.899. The standard InChI is InChI=1S/C23H21N3O4S/c1-28-19-12-16(13-20(29-2)22(19)30-3)18(14-24)26-23(27)15-7-9-17(10-8-15)31-21-6-4-5-11-25-21/h4-13,18H,1-3H3,(H,26,27). The van der Waals surface area contributed by atoms with E-state index in [-0.39, 0.29) is 5.91 Å². The van der Waals surface area contributed by atoms with Crippen LogP contribution >= 0.6 is 11.8 Å². The first-order valence-electron chi connectivity index (χ1n) is 9.29. The predicted octanol–water partition coefficient (Wildman–Crippen LogP) is 4.25. The number of benzene rings is 2. The molecular weight excluding hydrogens is 414 g/mol. The SMILES string of the molecule is COc1cc(C(C#N)NC(=O)c2ccc(Sc3ccccn3)cc2)cc(OC)c1OC. The van der Waals surface area contributed by atoms with Gasteiger partial charge in [0, 0.05) is 16.7 Å². The Bertz CT molecular complexity index is 1060. The monoisotopic (exact) mass is 435 g/mol. The molecule has 158 valence electrons. The van der Waals surface area contributed by atoms with Crippen LogP contribution in [0.2, 0.25) is 0 Å². The normalized spacial score (nSPS) is 11.2. The molecular formula is C23H21N3O4S. The van der Waals surface area contributed by atoms with Gasteiger partial charge in [-0.25, -0.2) is 4.98 Å². The van der Waals surface area contributed by atoms with E-state index in [2.05, 4.69) is 16.4 Å². The van der Waals surface area contributed by atoms with Crippen molar-refractivity contribution in [3.8, 4) is 23.3 Å². The zero-order valence-corrected chi connectivity index (χ0v) is 18.1. The molecule has 1 atom stereocenters. The number of carbonyl (C=O) groups is 1. The van der Waals surface area contributed by atoms with E-state index in [4.69, 9.17) is 14.2 Å². The van der Waals surface area contributed by atoms with Gasteiger partial charge in [0.05, 0.1) is 27.4 Å². The molecule has 8 heteroatoms. The summed E-state index contributed by atoms with van der Waals surface area (Å²) >= 11 is 1.50. The van der Waals surface area contributed by atoms with Crippen LogP contribution in [0.1, 0.15) is 22.0 Å². The number of pyridine rings is 1. The lowest BCUT2D eigenvalue weighted by Gasteiger charge is -2.17. The summed E-state index contributed by atoms with van der Waals surface area (Å²) in [6.07, 6.45) is 1.73. The Kier molecular flexibility index (Phi) is 7.35. The van der Waals surface area contributed by atoms with E-state index in [1.54, 1.807) is 30.5 Å². The van der Waals surface area contributed by atoms with Gasteiger partial charge in [-0.3, -0.25) is 4.79 Å². The molecule has 0 radical (unpaired) electrons. The minimum Gasteiger partial charge on any atom is -0.493 e. The summed E-state index contributed by atoms with van der Waals surface area (Å²) in [5.41, 5.74) is 0.964. The van der Waals surface area contributed by atoms with Crippen LogP contribution in [-0.4, -0.2) is 32.2 Å². The van der Waals surface area contributed by atoms with Gasteiger partial charge in [-0.05, 0) is 54.1 Å². The average Bonchev–Trinajstić information content (AvgIpc) is 2.82. The molecule has 0 fully saturated rings. The maximum absolute atomic E-state index is 12.7. The first-order valence-corrected chi connectivity index (χ1v) is 10.1. The van der Waals surface area contributed by atoms with Crippen molar-refractivity contribution in [1.82, 2.24) is 10.3 Å². The number of nitrogens with one attached hydrogen (secondary N) is 1. The predicted molar refractivity (Wildman–Crippen MR) is 117 cm³/mol. The van der Waals surface area contributed by atoms with Gasteiger partial charge in [0.2, 0.25) is 5.75 Å². The average molecular weight is 436 g/mol. The van der Waals surface area contributed by atoms with Crippen LogP contribution in [0.5, 0.6) is 17.2 Å². The second-order valence-electron chi connectivity index (χ2n) is 6.29. The molecule has 0 saturated heterocycles. The van der Waals surface area contributed by atoms with Crippen molar-refractivity contribution in [1.29, 1.82) is 5.26 Å². The number of hydrogen-bond acceptors (Lipinski definition) is 7. The fourth-order valence-electron chi connectivity index (χ4n) is 2.88. The second kappa shape index (κ2) is 10.4. The molecule has 0 aliphatic carbocycles. The summed E-state index contributed by atoms with van der Waals surface area (Å²) in [5.74, 6) is 0.858. The highest BCUT2D eigenvalue weighted by Gasteiger charge is 2.21. The molecule has 0 bridgehead atoms. The number of ether oxygens (including phenoxy) is 3. The van der Waals surface area contributed by atoms with Gasteiger partial charge in [0.15, 0.2) is 11.5 Å². The molecule has 1 aromatic heterocycles. The molecule has 3 aromatic rings. The number of carbonyl (C=O) groups excluding carboxylic acids is 1. The van der Waals surface area contributed by atoms with E-state index >= 15 is 0 Å². The fourth-order valence-corrected chi connectivity index (χ4v) is 3.65. The third-order valence-corrected chi connectivity index (χ3v) is 5.36. The maximum Gasteiger partial charge on any atom is 0.252 e. The van der Waals surface area contributed by atoms with Gasteiger partial charge in [0.1, 0.15) is 11.1 Å². The largest absolute Gasteiger partial charge is 0.493 e. The molecule has 0 spiro atoms. The molecule has 1 heterocycles. The quantitative estimate of drug-likeness (QED) is 0.565. The van der Waals surface area contributed by atoms with E-state index in [0.29, 0.717) is 28.4 Å². The van der Waals surface area contributed by atoms with Gasteiger partial charge >= 0.3 is 0 Å². The van der Waals surface area contributed by atoms with Gasteiger partial charge in [-0.2, -0.15) is 5.26 Å². The Labute approximate surface area is 185 Å². The molecule has 0 aliphatic rings. The number of aromatic nitrogens is 1. The zero-order chi connectivity index (χ0) is 22.2. The highest BCUT2D eigenvalue weighted by atomic mass is 32.2. The van der Waals surface area contributed by atoms with Crippen LogP contribution in [0.25, 0.3) is 0 Å². The summed E-state index contributed by atoms with van der Waals surface area (Å²) in [6, 6.07) is 17.3. The van der Waals surface area contributed by atoms with Crippen LogP contribution in [-0.2, 0) is 0 Å². The van der Waals surface area contributed by atoms with Gasteiger partial charge < -0.3 is 19.5 Å². The van der Waals surface area contributed by atoms with Crippen molar-refractivity contribution >= 4 is 17.7 Å². The van der Waals surface area contributed by atoms with Crippen molar-refractivity contribution < 1.29 is 19.0 Å². The summed E-state index contributed by atoms with van der Waals surface area (Å²) < 4.78 is 16.0. The zero-order valence-electron chi connectivity index (χ0n) is 17.3. The van der Waals surface area contributed by atoms with Crippen LogP contribution in [0.4, 0.5) is 0 Å². The Morgan fingerprint density at radius 3 is 2.23 bits per heavy atom. The highest BCUT2D eigenvalue weighted by Crippen LogP contribution is 2.39. The Hall–Kier alpha value is -3.70. The first kappa shape index (κ1) is 22.0. The van der Waals surface area contributed by atoms with Crippen molar-refractivity contribution in [2.24, 2.45) is 0 Å². The van der Waals surface area contributed by atoms with E-state index < -0.39 is 6.04 Å². The molecule has 31 heavy (non-hydrogen) atoms. The summed E-state index contributed by atoms with van der Waals surface area (Å²) in [5, 5.41) is 13.3. The molecule has 1 amide bonds. The lowest BCUT2D eigenvalue weighted by atomic mass is 10.1. The molecule has 1 N–H and O–H groups in total. The molecule has 2 aromatic carbocycles. The van der Waals surface area contributed by atoms with E-state index in [0.717, 1.165) is 9.92 Å². The molecule has 7 nitrogen and oxygen atoms in total. The minimum absolute atomic E-state index is 0.366. The van der Waals surface area contributed by atoms with Gasteiger partial charge in [-0.1, -0.05) is 17.8 Å². The number of hydrogen-bond donors (Lipinski definition) is 1. The van der Waals surface area contributed by atoms with Crippen LogP contribution in [0.3, 0.4) is 0 Å². The summed E-state index contributed by atoms with van der Waals surface area (Å²) in [6.45, 7) is 0. The molecule has 0 saturated carbocycles. The Balaban J connectivity index is 1.76. The van der Waals surface area contributed by atoms with Crippen LogP contribution in [0, 0.1) is 11.3 Å². The Morgan fingerprint density at radius 1 is 1.03 bits per heavy atom. The third-order valence-electron chi connectivity index (χ3n) is 4.40. The third kappa shape index (κ3) is 5.27. The smallest absolute Gasteiger partial charge is 0.252 e. The second-order valence-corrected chi connectivity index (χ2v) is 7.38. The highest BCUT2D eigenvalue weighted by molar-refractivity contribution is 7.99. The summed E-state index contributed by atoms with van der Waals surface area (Å²) in [7, 11) is 4.48. The van der Waals surface area contributed by atoms with Crippen LogP contribution < -0.4 is 19.5 Å². The lowest BCUT2D eigenvalue weighted by Crippen LogP contribution is -2.27. The number of methoxy groups -OCH3 is 3.